The molecule has 0 aliphatic heterocycles. The molecule has 0 unspecified atom stereocenters. The highest BCUT2D eigenvalue weighted by molar-refractivity contribution is 5.30. The predicted octanol–water partition coefficient (Wildman–Crippen LogP) is 1.28. The van der Waals surface area contributed by atoms with Crippen LogP contribution in [0.4, 0.5) is 5.95 Å². The summed E-state index contributed by atoms with van der Waals surface area (Å²) in [4.78, 5) is 8.05. The van der Waals surface area contributed by atoms with Gasteiger partial charge in [0.25, 0.3) is 0 Å². The third kappa shape index (κ3) is 3.17. The van der Waals surface area contributed by atoms with Crippen LogP contribution in [0.5, 0.6) is 0 Å². The quantitative estimate of drug-likeness (QED) is 0.778. The second-order valence-corrected chi connectivity index (χ2v) is 3.80. The topological polar surface area (TPSA) is 87.6 Å². The molecule has 1 aromatic heterocycles. The zero-order chi connectivity index (χ0) is 12.0. The van der Waals surface area contributed by atoms with Crippen LogP contribution in [0.3, 0.4) is 0 Å². The van der Waals surface area contributed by atoms with Gasteiger partial charge in [0.15, 0.2) is 0 Å². The summed E-state index contributed by atoms with van der Waals surface area (Å²) in [6.07, 6.45) is 3.33. The summed E-state index contributed by atoms with van der Waals surface area (Å²) in [6, 6.07) is 3.54. The lowest BCUT2D eigenvalue weighted by molar-refractivity contribution is 0.417. The van der Waals surface area contributed by atoms with Crippen molar-refractivity contribution in [2.24, 2.45) is 5.73 Å². The van der Waals surface area contributed by atoms with E-state index in [0.29, 0.717) is 18.2 Å². The standard InChI is InChI=1S/C11H17N5/c1-3-11(13,4-2)8-15-10-14-6-5-9(7-12)16-10/h5-6H,3-4,8,13H2,1-2H3,(H,14,15,16). The summed E-state index contributed by atoms with van der Waals surface area (Å²) in [5, 5.41) is 11.8. The van der Waals surface area contributed by atoms with Crippen LogP contribution in [-0.4, -0.2) is 22.1 Å². The maximum atomic E-state index is 8.69. The van der Waals surface area contributed by atoms with Crippen LogP contribution < -0.4 is 11.1 Å². The minimum atomic E-state index is -0.244. The van der Waals surface area contributed by atoms with Gasteiger partial charge < -0.3 is 11.1 Å². The van der Waals surface area contributed by atoms with Gasteiger partial charge in [-0.25, -0.2) is 9.97 Å². The molecule has 1 aromatic rings. The number of nitriles is 1. The second-order valence-electron chi connectivity index (χ2n) is 3.80. The summed E-state index contributed by atoms with van der Waals surface area (Å²) >= 11 is 0. The maximum absolute atomic E-state index is 8.69. The molecule has 0 atom stereocenters. The molecule has 1 heterocycles. The van der Waals surface area contributed by atoms with Gasteiger partial charge in [0, 0.05) is 18.3 Å². The summed E-state index contributed by atoms with van der Waals surface area (Å²) in [6.45, 7) is 4.71. The van der Waals surface area contributed by atoms with Crippen LogP contribution in [0, 0.1) is 11.3 Å². The summed E-state index contributed by atoms with van der Waals surface area (Å²) in [7, 11) is 0. The van der Waals surface area contributed by atoms with Gasteiger partial charge in [0.05, 0.1) is 0 Å². The highest BCUT2D eigenvalue weighted by atomic mass is 15.1. The molecule has 16 heavy (non-hydrogen) atoms. The number of nitrogens with one attached hydrogen (secondary N) is 1. The average Bonchev–Trinajstić information content (AvgIpc) is 2.36. The SMILES string of the molecule is CCC(N)(CC)CNc1nccc(C#N)n1. The first-order chi connectivity index (χ1) is 7.63. The van der Waals surface area contributed by atoms with Gasteiger partial charge in [0.1, 0.15) is 11.8 Å². The predicted molar refractivity (Wildman–Crippen MR) is 62.7 cm³/mol. The van der Waals surface area contributed by atoms with E-state index in [1.807, 2.05) is 6.07 Å². The fraction of sp³-hybridized carbons (Fsp3) is 0.545. The molecule has 0 aliphatic rings. The Morgan fingerprint density at radius 2 is 2.19 bits per heavy atom. The van der Waals surface area contributed by atoms with Crippen molar-refractivity contribution in [3.8, 4) is 6.07 Å². The molecule has 0 aromatic carbocycles. The maximum Gasteiger partial charge on any atom is 0.223 e. The monoisotopic (exact) mass is 219 g/mol. The van der Waals surface area contributed by atoms with Crippen molar-refractivity contribution in [2.75, 3.05) is 11.9 Å². The Morgan fingerprint density at radius 1 is 1.50 bits per heavy atom. The van der Waals surface area contributed by atoms with E-state index in [2.05, 4.69) is 29.1 Å². The third-order valence-electron chi connectivity index (χ3n) is 2.78. The molecular weight excluding hydrogens is 202 g/mol. The number of rotatable bonds is 5. The van der Waals surface area contributed by atoms with Crippen LogP contribution in [0.2, 0.25) is 0 Å². The number of anilines is 1. The number of hydrogen-bond donors (Lipinski definition) is 2. The van der Waals surface area contributed by atoms with Crippen molar-refractivity contribution < 1.29 is 0 Å². The van der Waals surface area contributed by atoms with Crippen LogP contribution >= 0.6 is 0 Å². The molecule has 0 spiro atoms. The van der Waals surface area contributed by atoms with Gasteiger partial charge in [-0.1, -0.05) is 13.8 Å². The van der Waals surface area contributed by atoms with Gasteiger partial charge in [-0.15, -0.1) is 0 Å². The molecule has 5 heteroatoms. The Balaban J connectivity index is 2.64. The molecule has 0 saturated carbocycles. The van der Waals surface area contributed by atoms with Crippen molar-refractivity contribution in [2.45, 2.75) is 32.2 Å². The van der Waals surface area contributed by atoms with Gasteiger partial charge in [0.2, 0.25) is 5.95 Å². The van der Waals surface area contributed by atoms with E-state index in [1.165, 1.54) is 0 Å². The van der Waals surface area contributed by atoms with Crippen molar-refractivity contribution in [1.29, 1.82) is 5.26 Å². The number of aromatic nitrogens is 2. The van der Waals surface area contributed by atoms with Gasteiger partial charge in [-0.05, 0) is 18.9 Å². The fourth-order valence-electron chi connectivity index (χ4n) is 1.26. The smallest absolute Gasteiger partial charge is 0.223 e. The highest BCUT2D eigenvalue weighted by Gasteiger charge is 2.19. The molecule has 1 rings (SSSR count). The zero-order valence-electron chi connectivity index (χ0n) is 9.70. The lowest BCUT2D eigenvalue weighted by Gasteiger charge is -2.26. The van der Waals surface area contributed by atoms with E-state index in [4.69, 9.17) is 11.0 Å². The van der Waals surface area contributed by atoms with Crippen LogP contribution in [0.15, 0.2) is 12.3 Å². The van der Waals surface area contributed by atoms with Gasteiger partial charge in [-0.3, -0.25) is 0 Å². The molecule has 0 radical (unpaired) electrons. The van der Waals surface area contributed by atoms with Gasteiger partial charge >= 0.3 is 0 Å². The Bertz CT molecular complexity index is 378. The Kier molecular flexibility index (Phi) is 4.20. The summed E-state index contributed by atoms with van der Waals surface area (Å²) in [5.41, 5.74) is 6.24. The van der Waals surface area contributed by atoms with E-state index in [0.717, 1.165) is 12.8 Å². The molecule has 3 N–H and O–H groups in total. The molecule has 0 saturated heterocycles. The Morgan fingerprint density at radius 3 is 2.75 bits per heavy atom. The summed E-state index contributed by atoms with van der Waals surface area (Å²) in [5.74, 6) is 0.454. The number of nitrogens with zero attached hydrogens (tertiary/aromatic N) is 3. The highest BCUT2D eigenvalue weighted by Crippen LogP contribution is 2.11. The van der Waals surface area contributed by atoms with Crippen LogP contribution in [0.25, 0.3) is 0 Å². The first kappa shape index (κ1) is 12.4. The zero-order valence-corrected chi connectivity index (χ0v) is 9.70. The lowest BCUT2D eigenvalue weighted by atomic mass is 9.94. The minimum absolute atomic E-state index is 0.244. The average molecular weight is 219 g/mol. The van der Waals surface area contributed by atoms with Crippen LogP contribution in [0.1, 0.15) is 32.4 Å². The van der Waals surface area contributed by atoms with E-state index in [1.54, 1.807) is 12.3 Å². The first-order valence-corrected chi connectivity index (χ1v) is 5.39. The van der Waals surface area contributed by atoms with E-state index in [9.17, 15) is 0 Å². The molecule has 0 fully saturated rings. The van der Waals surface area contributed by atoms with Crippen molar-refractivity contribution >= 4 is 5.95 Å². The Labute approximate surface area is 95.7 Å². The molecular formula is C11H17N5. The van der Waals surface area contributed by atoms with Crippen LogP contribution in [-0.2, 0) is 0 Å². The molecule has 0 bridgehead atoms. The first-order valence-electron chi connectivity index (χ1n) is 5.39. The largest absolute Gasteiger partial charge is 0.352 e. The number of hydrogen-bond acceptors (Lipinski definition) is 5. The summed E-state index contributed by atoms with van der Waals surface area (Å²) < 4.78 is 0. The molecule has 5 nitrogen and oxygen atoms in total. The lowest BCUT2D eigenvalue weighted by Crippen LogP contribution is -2.45. The van der Waals surface area contributed by atoms with Crippen molar-refractivity contribution in [1.82, 2.24) is 9.97 Å². The normalized spacial score (nSPS) is 10.9. The molecule has 0 aliphatic carbocycles. The minimum Gasteiger partial charge on any atom is -0.352 e. The van der Waals surface area contributed by atoms with Gasteiger partial charge in [-0.2, -0.15) is 5.26 Å². The van der Waals surface area contributed by atoms with Crippen molar-refractivity contribution in [3.63, 3.8) is 0 Å². The van der Waals surface area contributed by atoms with E-state index in [-0.39, 0.29) is 5.54 Å². The second kappa shape index (κ2) is 5.42. The third-order valence-corrected chi connectivity index (χ3v) is 2.78. The fourth-order valence-corrected chi connectivity index (χ4v) is 1.26. The van der Waals surface area contributed by atoms with Crippen molar-refractivity contribution in [3.05, 3.63) is 18.0 Å². The Hall–Kier alpha value is -1.67. The molecule has 0 amide bonds. The van der Waals surface area contributed by atoms with E-state index >= 15 is 0 Å². The van der Waals surface area contributed by atoms with E-state index < -0.39 is 0 Å². The number of nitrogens with two attached hydrogens (primary N) is 1. The molecule has 86 valence electrons.